The van der Waals surface area contributed by atoms with Crippen LogP contribution < -0.4 is 0 Å². The number of hydrogen-bond donors (Lipinski definition) is 1. The summed E-state index contributed by atoms with van der Waals surface area (Å²) in [7, 11) is 0. The maximum atomic E-state index is 11.5. The average Bonchev–Trinajstić information content (AvgIpc) is 2.94. The van der Waals surface area contributed by atoms with Gasteiger partial charge in [-0.1, -0.05) is 17.7 Å². The van der Waals surface area contributed by atoms with Gasteiger partial charge < -0.3 is 5.11 Å². The zero-order chi connectivity index (χ0) is 15.0. The molecule has 0 aliphatic rings. The van der Waals surface area contributed by atoms with E-state index >= 15 is 0 Å². The van der Waals surface area contributed by atoms with Crippen molar-refractivity contribution in [3.8, 4) is 11.3 Å². The van der Waals surface area contributed by atoms with Crippen LogP contribution in [0.15, 0.2) is 36.7 Å². The lowest BCUT2D eigenvalue weighted by Gasteiger charge is -2.06. The maximum Gasteiger partial charge on any atom is 0.336 e. The Labute approximate surface area is 125 Å². The van der Waals surface area contributed by atoms with Crippen LogP contribution in [0.5, 0.6) is 0 Å². The minimum atomic E-state index is -0.992. The molecule has 0 radical (unpaired) electrons. The normalized spacial score (nSPS) is 11.0. The van der Waals surface area contributed by atoms with Gasteiger partial charge in [0.2, 0.25) is 0 Å². The Morgan fingerprint density at radius 1 is 1.38 bits per heavy atom. The van der Waals surface area contributed by atoms with Gasteiger partial charge in [0.1, 0.15) is 0 Å². The Kier molecular flexibility index (Phi) is 3.35. The van der Waals surface area contributed by atoms with Crippen LogP contribution in [0.3, 0.4) is 0 Å². The highest BCUT2D eigenvalue weighted by atomic mass is 35.5. The van der Waals surface area contributed by atoms with Gasteiger partial charge in [0.05, 0.1) is 23.0 Å². The van der Waals surface area contributed by atoms with Crippen molar-refractivity contribution >= 4 is 28.5 Å². The van der Waals surface area contributed by atoms with Crippen LogP contribution in [0.2, 0.25) is 5.02 Å². The van der Waals surface area contributed by atoms with E-state index in [0.717, 1.165) is 12.1 Å². The standard InChI is InChI=1S/C15H12ClN3O2/c1-2-19-8-9(7-17-19)13-6-12(15(20)21)11-4-3-10(16)5-14(11)18-13/h3-8H,2H2,1H3,(H,20,21). The van der Waals surface area contributed by atoms with Crippen molar-refractivity contribution < 1.29 is 9.90 Å². The number of carbonyl (C=O) groups is 1. The quantitative estimate of drug-likeness (QED) is 0.804. The SMILES string of the molecule is CCn1cc(-c2cc(C(=O)O)c3ccc(Cl)cc3n2)cn1. The van der Waals surface area contributed by atoms with E-state index in [2.05, 4.69) is 10.1 Å². The van der Waals surface area contributed by atoms with Crippen molar-refractivity contribution in [2.24, 2.45) is 0 Å². The van der Waals surface area contributed by atoms with E-state index in [-0.39, 0.29) is 5.56 Å². The molecule has 6 heteroatoms. The predicted molar refractivity (Wildman–Crippen MR) is 80.6 cm³/mol. The van der Waals surface area contributed by atoms with Crippen molar-refractivity contribution in [2.45, 2.75) is 13.5 Å². The first-order chi connectivity index (χ1) is 10.1. The Morgan fingerprint density at radius 2 is 2.19 bits per heavy atom. The first-order valence-electron chi connectivity index (χ1n) is 6.45. The summed E-state index contributed by atoms with van der Waals surface area (Å²) >= 11 is 5.97. The molecule has 21 heavy (non-hydrogen) atoms. The zero-order valence-corrected chi connectivity index (χ0v) is 12.0. The minimum absolute atomic E-state index is 0.205. The van der Waals surface area contributed by atoms with E-state index < -0.39 is 5.97 Å². The van der Waals surface area contributed by atoms with E-state index in [1.54, 1.807) is 35.1 Å². The maximum absolute atomic E-state index is 11.5. The van der Waals surface area contributed by atoms with Crippen LogP contribution in [0.25, 0.3) is 22.2 Å². The number of benzene rings is 1. The molecule has 0 amide bonds. The fourth-order valence-electron chi connectivity index (χ4n) is 2.20. The Balaban J connectivity index is 2.26. The van der Waals surface area contributed by atoms with Gasteiger partial charge in [-0.25, -0.2) is 9.78 Å². The molecule has 2 heterocycles. The van der Waals surface area contributed by atoms with Crippen molar-refractivity contribution in [2.75, 3.05) is 0 Å². The summed E-state index contributed by atoms with van der Waals surface area (Å²) in [6.45, 7) is 2.72. The second kappa shape index (κ2) is 5.18. The van der Waals surface area contributed by atoms with Crippen LogP contribution >= 0.6 is 11.6 Å². The Hall–Kier alpha value is -2.40. The van der Waals surface area contributed by atoms with Crippen LogP contribution in [0.4, 0.5) is 0 Å². The van der Waals surface area contributed by atoms with Crippen molar-refractivity contribution in [1.29, 1.82) is 0 Å². The molecule has 0 saturated carbocycles. The molecule has 0 fully saturated rings. The number of rotatable bonds is 3. The number of aryl methyl sites for hydroxylation is 1. The van der Waals surface area contributed by atoms with E-state index in [4.69, 9.17) is 11.6 Å². The van der Waals surface area contributed by atoms with Gasteiger partial charge in [-0.15, -0.1) is 0 Å². The largest absolute Gasteiger partial charge is 0.478 e. The molecule has 0 aliphatic heterocycles. The molecule has 5 nitrogen and oxygen atoms in total. The fraction of sp³-hybridized carbons (Fsp3) is 0.133. The number of carboxylic acid groups (broad SMARTS) is 1. The fourth-order valence-corrected chi connectivity index (χ4v) is 2.36. The van der Waals surface area contributed by atoms with Gasteiger partial charge in [0, 0.05) is 28.7 Å². The van der Waals surface area contributed by atoms with Crippen LogP contribution in [0, 0.1) is 0 Å². The summed E-state index contributed by atoms with van der Waals surface area (Å²) in [5.74, 6) is -0.992. The van der Waals surface area contributed by atoms with E-state index in [0.29, 0.717) is 21.6 Å². The lowest BCUT2D eigenvalue weighted by atomic mass is 10.1. The van der Waals surface area contributed by atoms with Gasteiger partial charge in [0.15, 0.2) is 0 Å². The van der Waals surface area contributed by atoms with Crippen LogP contribution in [0.1, 0.15) is 17.3 Å². The highest BCUT2D eigenvalue weighted by Gasteiger charge is 2.14. The molecular weight excluding hydrogens is 290 g/mol. The van der Waals surface area contributed by atoms with Gasteiger partial charge in [0.25, 0.3) is 0 Å². The molecule has 106 valence electrons. The van der Waals surface area contributed by atoms with Crippen molar-refractivity contribution in [3.05, 3.63) is 47.2 Å². The number of aromatic nitrogens is 3. The van der Waals surface area contributed by atoms with E-state index in [9.17, 15) is 9.90 Å². The topological polar surface area (TPSA) is 68.0 Å². The van der Waals surface area contributed by atoms with E-state index in [1.807, 2.05) is 13.1 Å². The summed E-state index contributed by atoms with van der Waals surface area (Å²) in [4.78, 5) is 16.0. The third-order valence-corrected chi connectivity index (χ3v) is 3.49. The second-order valence-electron chi connectivity index (χ2n) is 4.61. The molecule has 3 aromatic rings. The monoisotopic (exact) mass is 301 g/mol. The number of halogens is 1. The minimum Gasteiger partial charge on any atom is -0.478 e. The molecule has 3 rings (SSSR count). The van der Waals surface area contributed by atoms with Gasteiger partial charge in [-0.05, 0) is 25.1 Å². The number of nitrogens with zero attached hydrogens (tertiary/aromatic N) is 3. The molecule has 0 atom stereocenters. The van der Waals surface area contributed by atoms with E-state index in [1.165, 1.54) is 0 Å². The lowest BCUT2D eigenvalue weighted by molar-refractivity contribution is 0.0699. The number of hydrogen-bond acceptors (Lipinski definition) is 3. The molecule has 0 bridgehead atoms. The number of aromatic carboxylic acids is 1. The summed E-state index contributed by atoms with van der Waals surface area (Å²) in [5.41, 5.74) is 2.11. The summed E-state index contributed by atoms with van der Waals surface area (Å²) in [6, 6.07) is 6.56. The molecule has 0 unspecified atom stereocenters. The average molecular weight is 302 g/mol. The van der Waals surface area contributed by atoms with Crippen LogP contribution in [-0.4, -0.2) is 25.8 Å². The van der Waals surface area contributed by atoms with Crippen LogP contribution in [-0.2, 0) is 6.54 Å². The highest BCUT2D eigenvalue weighted by Crippen LogP contribution is 2.26. The smallest absolute Gasteiger partial charge is 0.336 e. The number of carboxylic acids is 1. The summed E-state index contributed by atoms with van der Waals surface area (Å²) in [6.07, 6.45) is 3.51. The van der Waals surface area contributed by atoms with Crippen molar-refractivity contribution in [3.63, 3.8) is 0 Å². The van der Waals surface area contributed by atoms with Gasteiger partial charge in [-0.2, -0.15) is 5.10 Å². The first kappa shape index (κ1) is 13.6. The number of pyridine rings is 1. The molecule has 0 saturated heterocycles. The van der Waals surface area contributed by atoms with Gasteiger partial charge in [-0.3, -0.25) is 4.68 Å². The molecule has 1 N–H and O–H groups in total. The molecule has 0 spiro atoms. The second-order valence-corrected chi connectivity index (χ2v) is 5.04. The zero-order valence-electron chi connectivity index (χ0n) is 11.2. The third-order valence-electron chi connectivity index (χ3n) is 3.26. The Morgan fingerprint density at radius 3 is 2.86 bits per heavy atom. The van der Waals surface area contributed by atoms with Gasteiger partial charge >= 0.3 is 5.97 Å². The highest BCUT2D eigenvalue weighted by molar-refractivity contribution is 6.31. The molecule has 0 aliphatic carbocycles. The Bertz CT molecular complexity index is 842. The predicted octanol–water partition coefficient (Wildman–Crippen LogP) is 3.47. The van der Waals surface area contributed by atoms with Crippen molar-refractivity contribution in [1.82, 2.24) is 14.8 Å². The molecule has 1 aromatic carbocycles. The lowest BCUT2D eigenvalue weighted by Crippen LogP contribution is -2.00. The summed E-state index contributed by atoms with van der Waals surface area (Å²) < 4.78 is 1.76. The third kappa shape index (κ3) is 2.48. The molecular formula is C15H12ClN3O2. The molecule has 2 aromatic heterocycles. The first-order valence-corrected chi connectivity index (χ1v) is 6.82. The number of fused-ring (bicyclic) bond motifs is 1. The summed E-state index contributed by atoms with van der Waals surface area (Å²) in [5, 5.41) is 14.7.